The molecule has 0 saturated heterocycles. The maximum Gasteiger partial charge on any atom is 0.208 e. The Morgan fingerprint density at radius 2 is 2.05 bits per heavy atom. The maximum absolute atomic E-state index is 4.56. The van der Waals surface area contributed by atoms with Gasteiger partial charge in [0.2, 0.25) is 5.16 Å². The van der Waals surface area contributed by atoms with Crippen LogP contribution in [0.5, 0.6) is 0 Å². The van der Waals surface area contributed by atoms with Crippen LogP contribution in [-0.4, -0.2) is 20.2 Å². The third-order valence-electron chi connectivity index (χ3n) is 3.13. The molecule has 102 valence electrons. The van der Waals surface area contributed by atoms with E-state index in [4.69, 9.17) is 0 Å². The third-order valence-corrected chi connectivity index (χ3v) is 4.03. The van der Waals surface area contributed by atoms with Gasteiger partial charge in [-0.05, 0) is 24.6 Å². The Labute approximate surface area is 122 Å². The minimum absolute atomic E-state index is 0.806. The van der Waals surface area contributed by atoms with E-state index in [1.807, 2.05) is 13.0 Å². The van der Waals surface area contributed by atoms with E-state index < -0.39 is 0 Å². The van der Waals surface area contributed by atoms with Crippen LogP contribution in [0.15, 0.2) is 35.5 Å². The molecule has 0 aliphatic carbocycles. The number of fused-ring (bicyclic) bond motifs is 1. The fourth-order valence-corrected chi connectivity index (χ4v) is 2.97. The van der Waals surface area contributed by atoms with Gasteiger partial charge in [-0.15, -0.1) is 5.10 Å². The van der Waals surface area contributed by atoms with Gasteiger partial charge in [-0.3, -0.25) is 10.1 Å². The van der Waals surface area contributed by atoms with Crippen LogP contribution < -0.4 is 0 Å². The average molecular weight is 284 g/mol. The summed E-state index contributed by atoms with van der Waals surface area (Å²) < 4.78 is 0. The van der Waals surface area contributed by atoms with Gasteiger partial charge in [0.25, 0.3) is 0 Å². The summed E-state index contributed by atoms with van der Waals surface area (Å²) >= 11 is 1.65. The van der Waals surface area contributed by atoms with Crippen molar-refractivity contribution in [3.8, 4) is 0 Å². The molecular formula is C15H16N4S. The van der Waals surface area contributed by atoms with Crippen LogP contribution in [0.1, 0.15) is 24.0 Å². The van der Waals surface area contributed by atoms with Gasteiger partial charge in [-0.25, -0.2) is 4.98 Å². The summed E-state index contributed by atoms with van der Waals surface area (Å²) in [4.78, 5) is 8.99. The fourth-order valence-electron chi connectivity index (χ4n) is 2.16. The van der Waals surface area contributed by atoms with Gasteiger partial charge in [-0.1, -0.05) is 36.9 Å². The Balaban J connectivity index is 1.86. The highest BCUT2D eigenvalue weighted by atomic mass is 32.2. The molecule has 3 aromatic rings. The average Bonchev–Trinajstić information content (AvgIpc) is 2.92. The lowest BCUT2D eigenvalue weighted by Gasteiger charge is -2.06. The predicted octanol–water partition coefficient (Wildman–Crippen LogP) is 3.52. The summed E-state index contributed by atoms with van der Waals surface area (Å²) in [5, 5.41) is 9.17. The number of hydrogen-bond acceptors (Lipinski definition) is 4. The summed E-state index contributed by atoms with van der Waals surface area (Å²) in [5.41, 5.74) is 3.37. The van der Waals surface area contributed by atoms with Crippen molar-refractivity contribution in [3.05, 3.63) is 47.4 Å². The number of aryl methyl sites for hydroxylation is 2. The Morgan fingerprint density at radius 3 is 2.85 bits per heavy atom. The zero-order valence-electron chi connectivity index (χ0n) is 11.6. The molecule has 0 unspecified atom stereocenters. The predicted molar refractivity (Wildman–Crippen MR) is 81.8 cm³/mol. The zero-order chi connectivity index (χ0) is 13.9. The van der Waals surface area contributed by atoms with Gasteiger partial charge in [0, 0.05) is 23.3 Å². The van der Waals surface area contributed by atoms with Crippen LogP contribution in [0.25, 0.3) is 10.9 Å². The van der Waals surface area contributed by atoms with Crippen molar-refractivity contribution in [2.45, 2.75) is 31.2 Å². The zero-order valence-corrected chi connectivity index (χ0v) is 12.4. The first-order valence-corrected chi connectivity index (χ1v) is 7.64. The summed E-state index contributed by atoms with van der Waals surface area (Å²) in [6, 6.07) is 10.4. The van der Waals surface area contributed by atoms with E-state index in [-0.39, 0.29) is 0 Å². The number of rotatable bonds is 4. The van der Waals surface area contributed by atoms with Crippen molar-refractivity contribution in [3.63, 3.8) is 0 Å². The highest BCUT2D eigenvalue weighted by Gasteiger charge is 2.07. The molecule has 0 spiro atoms. The number of aromatic amines is 1. The Morgan fingerprint density at radius 1 is 1.20 bits per heavy atom. The first kappa shape index (κ1) is 13.1. The molecule has 1 aromatic carbocycles. The molecule has 4 nitrogen and oxygen atoms in total. The molecule has 0 aliphatic heterocycles. The molecule has 0 atom stereocenters. The van der Waals surface area contributed by atoms with Crippen molar-refractivity contribution in [2.75, 3.05) is 0 Å². The van der Waals surface area contributed by atoms with E-state index in [0.29, 0.717) is 0 Å². The first-order valence-electron chi connectivity index (χ1n) is 6.65. The molecule has 5 heteroatoms. The van der Waals surface area contributed by atoms with Crippen molar-refractivity contribution in [1.29, 1.82) is 0 Å². The molecule has 2 heterocycles. The molecule has 20 heavy (non-hydrogen) atoms. The number of pyridine rings is 1. The van der Waals surface area contributed by atoms with Crippen LogP contribution in [0, 0.1) is 6.92 Å². The molecule has 0 radical (unpaired) electrons. The summed E-state index contributed by atoms with van der Waals surface area (Å²) in [6.45, 7) is 4.09. The van der Waals surface area contributed by atoms with E-state index in [0.717, 1.165) is 34.4 Å². The Hall–Kier alpha value is -1.88. The molecule has 0 amide bonds. The molecule has 1 N–H and O–H groups in total. The van der Waals surface area contributed by atoms with E-state index in [1.54, 1.807) is 11.8 Å². The van der Waals surface area contributed by atoms with Crippen molar-refractivity contribution in [1.82, 2.24) is 20.2 Å². The number of H-pyrrole nitrogens is 1. The lowest BCUT2D eigenvalue weighted by molar-refractivity contribution is 0.941. The molecule has 2 aromatic heterocycles. The second-order valence-corrected chi connectivity index (χ2v) is 5.59. The summed E-state index contributed by atoms with van der Waals surface area (Å²) in [7, 11) is 0. The molecule has 0 aliphatic rings. The standard InChI is InChI=1S/C15H16N4S/c1-3-14-17-15(19-18-14)20-9-11-8-10(2)16-13-7-5-4-6-12(11)13/h4-8H,3,9H2,1-2H3,(H,17,18,19). The molecule has 0 fully saturated rings. The van der Waals surface area contributed by atoms with Gasteiger partial charge in [0.1, 0.15) is 5.82 Å². The van der Waals surface area contributed by atoms with Crippen LogP contribution in [0.3, 0.4) is 0 Å². The Bertz CT molecular complexity index is 736. The lowest BCUT2D eigenvalue weighted by Crippen LogP contribution is -1.91. The van der Waals surface area contributed by atoms with Crippen molar-refractivity contribution >= 4 is 22.7 Å². The maximum atomic E-state index is 4.56. The summed E-state index contributed by atoms with van der Waals surface area (Å²) in [6.07, 6.45) is 0.880. The van der Waals surface area contributed by atoms with Gasteiger partial charge in [0.15, 0.2) is 0 Å². The molecule has 3 rings (SSSR count). The molecular weight excluding hydrogens is 268 g/mol. The number of nitrogens with zero attached hydrogens (tertiary/aromatic N) is 3. The van der Waals surface area contributed by atoms with Gasteiger partial charge in [0.05, 0.1) is 5.52 Å². The van der Waals surface area contributed by atoms with E-state index in [9.17, 15) is 0 Å². The minimum Gasteiger partial charge on any atom is -0.262 e. The quantitative estimate of drug-likeness (QED) is 0.745. The number of aromatic nitrogens is 4. The van der Waals surface area contributed by atoms with Gasteiger partial charge < -0.3 is 0 Å². The normalized spacial score (nSPS) is 11.1. The lowest BCUT2D eigenvalue weighted by atomic mass is 10.1. The number of hydrogen-bond donors (Lipinski definition) is 1. The van der Waals surface area contributed by atoms with E-state index in [2.05, 4.69) is 51.4 Å². The molecule has 0 bridgehead atoms. The highest BCUT2D eigenvalue weighted by molar-refractivity contribution is 7.98. The highest BCUT2D eigenvalue weighted by Crippen LogP contribution is 2.25. The van der Waals surface area contributed by atoms with E-state index in [1.165, 1.54) is 10.9 Å². The van der Waals surface area contributed by atoms with Crippen LogP contribution in [-0.2, 0) is 12.2 Å². The number of nitrogens with one attached hydrogen (secondary N) is 1. The smallest absolute Gasteiger partial charge is 0.208 e. The van der Waals surface area contributed by atoms with Crippen LogP contribution in [0.2, 0.25) is 0 Å². The summed E-state index contributed by atoms with van der Waals surface area (Å²) in [5.74, 6) is 1.79. The van der Waals surface area contributed by atoms with Gasteiger partial charge in [-0.2, -0.15) is 0 Å². The fraction of sp³-hybridized carbons (Fsp3) is 0.267. The van der Waals surface area contributed by atoms with E-state index >= 15 is 0 Å². The number of para-hydroxylation sites is 1. The first-order chi connectivity index (χ1) is 9.76. The minimum atomic E-state index is 0.806. The van der Waals surface area contributed by atoms with Gasteiger partial charge >= 0.3 is 0 Å². The second kappa shape index (κ2) is 5.63. The number of benzene rings is 1. The van der Waals surface area contributed by atoms with Crippen molar-refractivity contribution in [2.24, 2.45) is 0 Å². The van der Waals surface area contributed by atoms with Crippen LogP contribution in [0.4, 0.5) is 0 Å². The number of thioether (sulfide) groups is 1. The largest absolute Gasteiger partial charge is 0.262 e. The monoisotopic (exact) mass is 284 g/mol. The van der Waals surface area contributed by atoms with Crippen molar-refractivity contribution < 1.29 is 0 Å². The Kier molecular flexibility index (Phi) is 3.69. The second-order valence-electron chi connectivity index (χ2n) is 4.65. The topological polar surface area (TPSA) is 54.5 Å². The molecule has 0 saturated carbocycles. The third kappa shape index (κ3) is 2.67. The SMILES string of the molecule is CCc1nc(SCc2cc(C)nc3ccccc23)n[nH]1. The van der Waals surface area contributed by atoms with Crippen LogP contribution >= 0.6 is 11.8 Å².